The van der Waals surface area contributed by atoms with Crippen LogP contribution in [0.4, 0.5) is 0 Å². The number of rotatable bonds is 5. The van der Waals surface area contributed by atoms with Crippen molar-refractivity contribution in [3.8, 4) is 10.8 Å². The topological polar surface area (TPSA) is 58.3 Å². The summed E-state index contributed by atoms with van der Waals surface area (Å²) in [5.41, 5.74) is 1.03. The summed E-state index contributed by atoms with van der Waals surface area (Å²) >= 11 is 1.59. The van der Waals surface area contributed by atoms with Gasteiger partial charge in [-0.15, -0.1) is 11.3 Å². The second-order valence-electron chi connectivity index (χ2n) is 4.67. The Morgan fingerprint density at radius 2 is 2.42 bits per heavy atom. The molecule has 2 aromatic heterocycles. The molecule has 0 aliphatic heterocycles. The zero-order valence-electron chi connectivity index (χ0n) is 10.5. The lowest BCUT2D eigenvalue weighted by Crippen LogP contribution is -2.26. The van der Waals surface area contributed by atoms with Crippen molar-refractivity contribution in [2.24, 2.45) is 5.92 Å². The number of hydrogen-bond acceptors (Lipinski definition) is 5. The molecule has 2 heterocycles. The monoisotopic (exact) mass is 276 g/mol. The predicted octanol–water partition coefficient (Wildman–Crippen LogP) is 2.43. The van der Waals surface area contributed by atoms with Crippen molar-refractivity contribution < 1.29 is 9.52 Å². The largest absolute Gasteiger partial charge is 0.462 e. The van der Waals surface area contributed by atoms with Crippen LogP contribution in [-0.4, -0.2) is 22.7 Å². The third-order valence-electron chi connectivity index (χ3n) is 3.24. The minimum atomic E-state index is 0.230. The van der Waals surface area contributed by atoms with Gasteiger partial charge < -0.3 is 14.8 Å². The van der Waals surface area contributed by atoms with Crippen LogP contribution in [0.25, 0.3) is 10.8 Å². The third-order valence-corrected chi connectivity index (χ3v) is 4.14. The van der Waals surface area contributed by atoms with Crippen LogP contribution in [0.3, 0.4) is 0 Å². The molecule has 1 aliphatic carbocycles. The zero-order chi connectivity index (χ0) is 13.1. The lowest BCUT2D eigenvalue weighted by Gasteiger charge is -2.11. The number of nitrogens with zero attached hydrogens (tertiary/aromatic N) is 1. The average molecular weight is 276 g/mol. The molecule has 3 rings (SSSR count). The van der Waals surface area contributed by atoms with Gasteiger partial charge in [0.15, 0.2) is 10.8 Å². The van der Waals surface area contributed by atoms with Gasteiger partial charge in [-0.1, -0.05) is 12.2 Å². The standard InChI is InChI=1S/C14H16N2O2S/c17-8-10-3-4-11(6-10)15-7-12-9-19-14(16-12)13-2-1-5-18-13/h1-5,9-11,15,17H,6-8H2/t10-,11+/m0/s1. The number of thiazole rings is 1. The van der Waals surface area contributed by atoms with E-state index in [0.717, 1.165) is 29.4 Å². The summed E-state index contributed by atoms with van der Waals surface area (Å²) in [6.45, 7) is 0.971. The van der Waals surface area contributed by atoms with Crippen LogP contribution in [0.1, 0.15) is 12.1 Å². The predicted molar refractivity (Wildman–Crippen MR) is 74.8 cm³/mol. The van der Waals surface area contributed by atoms with E-state index in [-0.39, 0.29) is 6.61 Å². The maximum absolute atomic E-state index is 9.08. The number of aliphatic hydroxyl groups is 1. The van der Waals surface area contributed by atoms with E-state index in [0.29, 0.717) is 12.0 Å². The molecule has 2 atom stereocenters. The van der Waals surface area contributed by atoms with Gasteiger partial charge in [-0.25, -0.2) is 4.98 Å². The van der Waals surface area contributed by atoms with Crippen molar-refractivity contribution in [2.75, 3.05) is 6.61 Å². The van der Waals surface area contributed by atoms with E-state index in [1.54, 1.807) is 17.6 Å². The van der Waals surface area contributed by atoms with E-state index >= 15 is 0 Å². The molecular weight excluding hydrogens is 260 g/mol. The Bertz CT molecular complexity index is 548. The molecule has 0 spiro atoms. The maximum atomic E-state index is 9.08. The molecular formula is C14H16N2O2S. The first-order valence-corrected chi connectivity index (χ1v) is 7.24. The normalized spacial score (nSPS) is 22.2. The molecule has 1 aliphatic rings. The maximum Gasteiger partial charge on any atom is 0.162 e. The first-order chi connectivity index (χ1) is 9.35. The first-order valence-electron chi connectivity index (χ1n) is 6.36. The van der Waals surface area contributed by atoms with Gasteiger partial charge in [-0.3, -0.25) is 0 Å². The summed E-state index contributed by atoms with van der Waals surface area (Å²) in [4.78, 5) is 4.54. The smallest absolute Gasteiger partial charge is 0.162 e. The fourth-order valence-corrected chi connectivity index (χ4v) is 2.98. The molecule has 0 saturated carbocycles. The van der Waals surface area contributed by atoms with E-state index in [1.807, 2.05) is 17.5 Å². The Hall–Kier alpha value is -1.43. The quantitative estimate of drug-likeness (QED) is 0.824. The van der Waals surface area contributed by atoms with E-state index in [9.17, 15) is 0 Å². The molecule has 5 heteroatoms. The first kappa shape index (κ1) is 12.6. The third kappa shape index (κ3) is 2.94. The second-order valence-corrected chi connectivity index (χ2v) is 5.53. The van der Waals surface area contributed by atoms with Crippen LogP contribution in [-0.2, 0) is 6.54 Å². The molecule has 0 bridgehead atoms. The van der Waals surface area contributed by atoms with Crippen molar-refractivity contribution in [3.05, 3.63) is 41.6 Å². The highest BCUT2D eigenvalue weighted by Crippen LogP contribution is 2.24. The van der Waals surface area contributed by atoms with Crippen LogP contribution < -0.4 is 5.32 Å². The molecule has 0 saturated heterocycles. The summed E-state index contributed by atoms with van der Waals surface area (Å²) in [7, 11) is 0. The van der Waals surface area contributed by atoms with Gasteiger partial charge in [0.05, 0.1) is 12.0 Å². The molecule has 2 aromatic rings. The van der Waals surface area contributed by atoms with Crippen molar-refractivity contribution in [2.45, 2.75) is 19.0 Å². The number of aromatic nitrogens is 1. The van der Waals surface area contributed by atoms with Crippen molar-refractivity contribution in [3.63, 3.8) is 0 Å². The van der Waals surface area contributed by atoms with Crippen LogP contribution in [0.15, 0.2) is 40.3 Å². The van der Waals surface area contributed by atoms with Crippen LogP contribution in [0.5, 0.6) is 0 Å². The van der Waals surface area contributed by atoms with Gasteiger partial charge in [0.25, 0.3) is 0 Å². The summed E-state index contributed by atoms with van der Waals surface area (Å²) in [5.74, 6) is 1.11. The Morgan fingerprint density at radius 1 is 1.47 bits per heavy atom. The van der Waals surface area contributed by atoms with Gasteiger partial charge in [0.2, 0.25) is 0 Å². The Labute approximate surface area is 115 Å². The minimum Gasteiger partial charge on any atom is -0.462 e. The molecule has 0 unspecified atom stereocenters. The highest BCUT2D eigenvalue weighted by atomic mass is 32.1. The lowest BCUT2D eigenvalue weighted by atomic mass is 10.1. The van der Waals surface area contributed by atoms with Crippen molar-refractivity contribution >= 4 is 11.3 Å². The van der Waals surface area contributed by atoms with Crippen LogP contribution >= 0.6 is 11.3 Å². The van der Waals surface area contributed by atoms with Crippen molar-refractivity contribution in [1.29, 1.82) is 0 Å². The Kier molecular flexibility index (Phi) is 3.77. The van der Waals surface area contributed by atoms with Gasteiger partial charge in [0.1, 0.15) is 0 Å². The number of aliphatic hydroxyl groups excluding tert-OH is 1. The SMILES string of the molecule is OC[C@H]1C=C[C@@H](NCc2csc(-c3ccco3)n2)C1. The summed E-state index contributed by atoms with van der Waals surface area (Å²) in [5, 5.41) is 15.5. The molecule has 0 amide bonds. The van der Waals surface area contributed by atoms with Crippen LogP contribution in [0, 0.1) is 5.92 Å². The molecule has 0 radical (unpaired) electrons. The molecule has 100 valence electrons. The molecule has 19 heavy (non-hydrogen) atoms. The van der Waals surface area contributed by atoms with Crippen LogP contribution in [0.2, 0.25) is 0 Å². The Morgan fingerprint density at radius 3 is 3.16 bits per heavy atom. The van der Waals surface area contributed by atoms with E-state index in [4.69, 9.17) is 9.52 Å². The average Bonchev–Trinajstić information content (AvgIpc) is 3.16. The molecule has 2 N–H and O–H groups in total. The van der Waals surface area contributed by atoms with E-state index in [1.165, 1.54) is 0 Å². The van der Waals surface area contributed by atoms with Gasteiger partial charge in [0, 0.05) is 30.5 Å². The highest BCUT2D eigenvalue weighted by Gasteiger charge is 2.17. The molecule has 4 nitrogen and oxygen atoms in total. The van der Waals surface area contributed by atoms with Gasteiger partial charge >= 0.3 is 0 Å². The fourth-order valence-electron chi connectivity index (χ4n) is 2.20. The zero-order valence-corrected chi connectivity index (χ0v) is 11.3. The molecule has 0 fully saturated rings. The van der Waals surface area contributed by atoms with E-state index < -0.39 is 0 Å². The van der Waals surface area contributed by atoms with Crippen molar-refractivity contribution in [1.82, 2.24) is 10.3 Å². The second kappa shape index (κ2) is 5.69. The van der Waals surface area contributed by atoms with Gasteiger partial charge in [-0.2, -0.15) is 0 Å². The van der Waals surface area contributed by atoms with E-state index in [2.05, 4.69) is 22.5 Å². The number of furan rings is 1. The summed E-state index contributed by atoms with van der Waals surface area (Å²) in [6.07, 6.45) is 6.83. The summed E-state index contributed by atoms with van der Waals surface area (Å²) < 4.78 is 5.33. The summed E-state index contributed by atoms with van der Waals surface area (Å²) in [6, 6.07) is 4.13. The minimum absolute atomic E-state index is 0.230. The molecule has 0 aromatic carbocycles. The van der Waals surface area contributed by atoms with Gasteiger partial charge in [-0.05, 0) is 18.6 Å². The number of hydrogen-bond donors (Lipinski definition) is 2. The fraction of sp³-hybridized carbons (Fsp3) is 0.357. The number of nitrogens with one attached hydrogen (secondary N) is 1. The Balaban J connectivity index is 1.55. The highest BCUT2D eigenvalue weighted by molar-refractivity contribution is 7.13. The lowest BCUT2D eigenvalue weighted by molar-refractivity contribution is 0.246.